The van der Waals surface area contributed by atoms with Crippen molar-refractivity contribution in [3.05, 3.63) is 89.0 Å². The summed E-state index contributed by atoms with van der Waals surface area (Å²) < 4.78 is 6.74. The van der Waals surface area contributed by atoms with E-state index in [0.717, 1.165) is 5.56 Å². The average molecular weight is 464 g/mol. The fourth-order valence-electron chi connectivity index (χ4n) is 3.08. The molecular weight excluding hydrogens is 446 g/mol. The zero-order valence-electron chi connectivity index (χ0n) is 17.4. The van der Waals surface area contributed by atoms with Gasteiger partial charge in [0, 0.05) is 36.3 Å². The van der Waals surface area contributed by atoms with Crippen LogP contribution in [0.4, 0.5) is 5.69 Å². The second kappa shape index (κ2) is 9.88. The minimum absolute atomic E-state index is 0.229. The zero-order chi connectivity index (χ0) is 23.2. The molecule has 0 spiro atoms. The Morgan fingerprint density at radius 1 is 1.09 bits per heavy atom. The van der Waals surface area contributed by atoms with Gasteiger partial charge in [-0.1, -0.05) is 23.7 Å². The number of ether oxygens (including phenoxy) is 1. The van der Waals surface area contributed by atoms with Crippen LogP contribution in [0.5, 0.6) is 5.75 Å². The lowest BCUT2D eigenvalue weighted by Gasteiger charge is -2.13. The first kappa shape index (κ1) is 21.9. The molecule has 0 bridgehead atoms. The molecule has 0 saturated carbocycles. The van der Waals surface area contributed by atoms with Gasteiger partial charge in [0.25, 0.3) is 11.8 Å². The summed E-state index contributed by atoms with van der Waals surface area (Å²) in [6.45, 7) is 0.229. The maximum Gasteiger partial charge on any atom is 0.255 e. The zero-order valence-corrected chi connectivity index (χ0v) is 18.2. The van der Waals surface area contributed by atoms with Crippen LogP contribution >= 0.6 is 11.6 Å². The van der Waals surface area contributed by atoms with Crippen LogP contribution in [-0.4, -0.2) is 44.1 Å². The van der Waals surface area contributed by atoms with Crippen LogP contribution in [-0.2, 0) is 6.54 Å². The van der Waals surface area contributed by atoms with Gasteiger partial charge < -0.3 is 15.4 Å². The molecule has 2 heterocycles. The molecule has 2 N–H and O–H groups in total. The van der Waals surface area contributed by atoms with Crippen LogP contribution in [0.3, 0.4) is 0 Å². The molecule has 0 radical (unpaired) electrons. The van der Waals surface area contributed by atoms with Crippen molar-refractivity contribution in [2.75, 3.05) is 12.4 Å². The lowest BCUT2D eigenvalue weighted by Crippen LogP contribution is -2.23. The predicted molar refractivity (Wildman–Crippen MR) is 121 cm³/mol. The van der Waals surface area contributed by atoms with Crippen molar-refractivity contribution in [2.24, 2.45) is 0 Å². The summed E-state index contributed by atoms with van der Waals surface area (Å²) in [7, 11) is 1.46. The predicted octanol–water partition coefficient (Wildman–Crippen LogP) is 2.90. The van der Waals surface area contributed by atoms with Crippen LogP contribution in [0, 0.1) is 0 Å². The summed E-state index contributed by atoms with van der Waals surface area (Å²) in [6, 6.07) is 13.5. The van der Waals surface area contributed by atoms with E-state index < -0.39 is 0 Å². The molecule has 2 amide bonds. The van der Waals surface area contributed by atoms with Gasteiger partial charge in [-0.25, -0.2) is 0 Å². The minimum Gasteiger partial charge on any atom is -0.496 e. The van der Waals surface area contributed by atoms with E-state index in [9.17, 15) is 9.59 Å². The highest BCUT2D eigenvalue weighted by atomic mass is 35.5. The van der Waals surface area contributed by atoms with Gasteiger partial charge in [0.1, 0.15) is 12.1 Å². The number of rotatable bonds is 7. The van der Waals surface area contributed by atoms with Gasteiger partial charge >= 0.3 is 0 Å². The highest BCUT2D eigenvalue weighted by Gasteiger charge is 2.17. The fraction of sp³-hybridized carbons (Fsp3) is 0.0909. The molecule has 0 aliphatic heterocycles. The van der Waals surface area contributed by atoms with Crippen LogP contribution in [0.2, 0.25) is 5.02 Å². The second-order valence-electron chi connectivity index (χ2n) is 6.83. The number of hydrogen-bond donors (Lipinski definition) is 2. The summed E-state index contributed by atoms with van der Waals surface area (Å²) in [5.41, 5.74) is 2.65. The number of hydrogen-bond acceptors (Lipinski definition) is 7. The number of halogens is 1. The third-order valence-corrected chi connectivity index (χ3v) is 4.99. The number of methoxy groups -OCH3 is 1. The van der Waals surface area contributed by atoms with Crippen LogP contribution in [0.25, 0.3) is 5.69 Å². The molecule has 33 heavy (non-hydrogen) atoms. The number of nitrogens with zero attached hydrogens (tertiary/aromatic N) is 5. The lowest BCUT2D eigenvalue weighted by molar-refractivity contribution is 0.0947. The number of carbonyl (C=O) groups excluding carboxylic acids is 2. The molecule has 0 aliphatic carbocycles. The van der Waals surface area contributed by atoms with E-state index in [-0.39, 0.29) is 28.9 Å². The van der Waals surface area contributed by atoms with E-state index in [2.05, 4.69) is 31.1 Å². The molecule has 0 saturated heterocycles. The van der Waals surface area contributed by atoms with E-state index in [1.807, 2.05) is 6.07 Å². The Kier molecular flexibility index (Phi) is 6.56. The molecule has 10 nitrogen and oxygen atoms in total. The number of tetrazole rings is 1. The quantitative estimate of drug-likeness (QED) is 0.431. The Hall–Kier alpha value is -4.31. The third-order valence-electron chi connectivity index (χ3n) is 4.69. The highest BCUT2D eigenvalue weighted by molar-refractivity contribution is 6.33. The van der Waals surface area contributed by atoms with Gasteiger partial charge in [-0.15, -0.1) is 5.10 Å². The summed E-state index contributed by atoms with van der Waals surface area (Å²) in [5, 5.41) is 16.9. The average Bonchev–Trinajstić information content (AvgIpc) is 3.38. The van der Waals surface area contributed by atoms with Gasteiger partial charge in [0.05, 0.1) is 23.4 Å². The molecule has 2 aromatic carbocycles. The molecule has 0 aliphatic rings. The van der Waals surface area contributed by atoms with E-state index >= 15 is 0 Å². The van der Waals surface area contributed by atoms with Crippen molar-refractivity contribution in [3.8, 4) is 11.4 Å². The van der Waals surface area contributed by atoms with Crippen molar-refractivity contribution in [1.29, 1.82) is 0 Å². The number of pyridine rings is 1. The van der Waals surface area contributed by atoms with E-state index in [0.29, 0.717) is 22.7 Å². The van der Waals surface area contributed by atoms with Crippen molar-refractivity contribution in [1.82, 2.24) is 30.5 Å². The van der Waals surface area contributed by atoms with E-state index in [4.69, 9.17) is 16.3 Å². The Morgan fingerprint density at radius 2 is 1.91 bits per heavy atom. The second-order valence-corrected chi connectivity index (χ2v) is 7.24. The maximum absolute atomic E-state index is 12.8. The number of aromatic nitrogens is 5. The minimum atomic E-state index is -0.372. The smallest absolute Gasteiger partial charge is 0.255 e. The molecule has 0 atom stereocenters. The maximum atomic E-state index is 12.8. The van der Waals surface area contributed by atoms with Gasteiger partial charge in [0.15, 0.2) is 0 Å². The van der Waals surface area contributed by atoms with Gasteiger partial charge in [-0.3, -0.25) is 14.6 Å². The Bertz CT molecular complexity index is 1280. The van der Waals surface area contributed by atoms with Crippen molar-refractivity contribution < 1.29 is 14.3 Å². The van der Waals surface area contributed by atoms with E-state index in [1.54, 1.807) is 48.8 Å². The molecule has 4 rings (SSSR count). The normalized spacial score (nSPS) is 10.5. The molecule has 11 heteroatoms. The number of anilines is 1. The first-order chi connectivity index (χ1) is 16.0. The van der Waals surface area contributed by atoms with Gasteiger partial charge in [-0.05, 0) is 46.3 Å². The first-order valence-corrected chi connectivity index (χ1v) is 10.1. The van der Waals surface area contributed by atoms with Crippen molar-refractivity contribution >= 4 is 29.1 Å². The molecule has 0 fully saturated rings. The lowest BCUT2D eigenvalue weighted by atomic mass is 10.1. The van der Waals surface area contributed by atoms with Gasteiger partial charge in [0.2, 0.25) is 0 Å². The van der Waals surface area contributed by atoms with Gasteiger partial charge in [-0.2, -0.15) is 4.68 Å². The molecular formula is C22H18ClN7O3. The third kappa shape index (κ3) is 5.13. The molecule has 4 aromatic rings. The monoisotopic (exact) mass is 463 g/mol. The van der Waals surface area contributed by atoms with Crippen LogP contribution < -0.4 is 15.4 Å². The highest BCUT2D eigenvalue weighted by Crippen LogP contribution is 2.29. The Balaban J connectivity index is 1.45. The number of carbonyl (C=O) groups is 2. The summed E-state index contributed by atoms with van der Waals surface area (Å²) in [6.07, 6.45) is 4.49. The molecule has 0 unspecified atom stereocenters. The number of nitrogens with one attached hydrogen (secondary N) is 2. The molecule has 166 valence electrons. The van der Waals surface area contributed by atoms with Crippen LogP contribution in [0.15, 0.2) is 67.3 Å². The standard InChI is InChI=1S/C22H18ClN7O3/c1-33-20-11-19(30-13-26-28-29-30)18(23)10-17(20)22(32)25-12-14-3-2-4-16(9-14)27-21(31)15-5-7-24-8-6-15/h2-11,13H,12H2,1H3,(H,25,32)(H,27,31). The van der Waals surface area contributed by atoms with Crippen LogP contribution in [0.1, 0.15) is 26.3 Å². The first-order valence-electron chi connectivity index (χ1n) is 9.74. The summed E-state index contributed by atoms with van der Waals surface area (Å²) in [4.78, 5) is 29.1. The Labute approximate surface area is 193 Å². The summed E-state index contributed by atoms with van der Waals surface area (Å²) in [5.74, 6) is -0.301. The SMILES string of the molecule is COc1cc(-n2cnnn2)c(Cl)cc1C(=O)NCc1cccc(NC(=O)c2ccncc2)c1. The molecule has 2 aromatic heterocycles. The number of benzene rings is 2. The Morgan fingerprint density at radius 3 is 2.64 bits per heavy atom. The topological polar surface area (TPSA) is 124 Å². The van der Waals surface area contributed by atoms with Crippen molar-refractivity contribution in [2.45, 2.75) is 6.54 Å². The number of amides is 2. The fourth-order valence-corrected chi connectivity index (χ4v) is 3.33. The van der Waals surface area contributed by atoms with Crippen molar-refractivity contribution in [3.63, 3.8) is 0 Å². The largest absolute Gasteiger partial charge is 0.496 e. The van der Waals surface area contributed by atoms with E-state index in [1.165, 1.54) is 24.2 Å². The summed E-state index contributed by atoms with van der Waals surface area (Å²) >= 11 is 6.33.